The number of hydrogen-bond donors (Lipinski definition) is 0. The summed E-state index contributed by atoms with van der Waals surface area (Å²) in [5, 5.41) is 5.07. The van der Waals surface area contributed by atoms with Crippen molar-refractivity contribution in [2.24, 2.45) is 7.05 Å². The van der Waals surface area contributed by atoms with Crippen LogP contribution in [0.15, 0.2) is 24.4 Å². The summed E-state index contributed by atoms with van der Waals surface area (Å²) in [6.07, 6.45) is 4.69. The number of aromatic nitrogens is 2. The van der Waals surface area contributed by atoms with Crippen molar-refractivity contribution in [3.8, 4) is 11.1 Å². The van der Waals surface area contributed by atoms with E-state index in [4.69, 9.17) is 11.6 Å². The van der Waals surface area contributed by atoms with Gasteiger partial charge in [-0.1, -0.05) is 24.9 Å². The summed E-state index contributed by atoms with van der Waals surface area (Å²) in [7, 11) is 1.88. The van der Waals surface area contributed by atoms with Crippen molar-refractivity contribution in [3.05, 3.63) is 40.7 Å². The summed E-state index contributed by atoms with van der Waals surface area (Å²) in [5.74, 6) is 0. The number of nitrogens with zero attached hydrogens (tertiary/aromatic N) is 2. The van der Waals surface area contributed by atoms with Gasteiger partial charge in [-0.05, 0) is 30.2 Å². The zero-order valence-corrected chi connectivity index (χ0v) is 11.2. The number of benzene rings is 1. The minimum absolute atomic E-state index is 0.627. The maximum Gasteiger partial charge on any atom is 0.150 e. The van der Waals surface area contributed by atoms with E-state index in [1.165, 1.54) is 0 Å². The van der Waals surface area contributed by atoms with Gasteiger partial charge >= 0.3 is 0 Å². The van der Waals surface area contributed by atoms with E-state index in [0.29, 0.717) is 10.6 Å². The summed E-state index contributed by atoms with van der Waals surface area (Å²) in [6.45, 7) is 2.11. The molecule has 4 heteroatoms. The quantitative estimate of drug-likeness (QED) is 0.791. The van der Waals surface area contributed by atoms with Crippen LogP contribution in [0.1, 0.15) is 29.4 Å². The Bertz CT molecular complexity index is 575. The molecule has 94 valence electrons. The van der Waals surface area contributed by atoms with Crippen molar-refractivity contribution >= 4 is 17.9 Å². The second-order valence-corrected chi connectivity index (χ2v) is 4.70. The van der Waals surface area contributed by atoms with Gasteiger partial charge in [-0.2, -0.15) is 5.10 Å². The van der Waals surface area contributed by atoms with Gasteiger partial charge in [0.1, 0.15) is 0 Å². The summed E-state index contributed by atoms with van der Waals surface area (Å²) >= 11 is 6.02. The largest absolute Gasteiger partial charge is 0.298 e. The molecule has 0 saturated heterocycles. The van der Waals surface area contributed by atoms with E-state index in [9.17, 15) is 4.79 Å². The zero-order chi connectivity index (χ0) is 13.1. The van der Waals surface area contributed by atoms with Gasteiger partial charge in [0.25, 0.3) is 0 Å². The van der Waals surface area contributed by atoms with Crippen LogP contribution < -0.4 is 0 Å². The van der Waals surface area contributed by atoms with Crippen molar-refractivity contribution in [2.45, 2.75) is 19.8 Å². The number of halogens is 1. The first kappa shape index (κ1) is 12.8. The lowest BCUT2D eigenvalue weighted by atomic mass is 9.99. The highest BCUT2D eigenvalue weighted by atomic mass is 35.5. The Kier molecular flexibility index (Phi) is 3.82. The van der Waals surface area contributed by atoms with Crippen LogP contribution >= 0.6 is 11.6 Å². The van der Waals surface area contributed by atoms with Gasteiger partial charge in [0.05, 0.1) is 5.69 Å². The fourth-order valence-corrected chi connectivity index (χ4v) is 2.22. The fraction of sp³-hybridized carbons (Fsp3) is 0.286. The monoisotopic (exact) mass is 262 g/mol. The molecule has 0 N–H and O–H groups in total. The second-order valence-electron chi connectivity index (χ2n) is 4.26. The molecule has 0 fully saturated rings. The third-order valence-electron chi connectivity index (χ3n) is 2.82. The molecule has 2 aromatic rings. The first-order valence-electron chi connectivity index (χ1n) is 5.93. The van der Waals surface area contributed by atoms with Crippen LogP contribution in [0.2, 0.25) is 5.02 Å². The predicted molar refractivity (Wildman–Crippen MR) is 73.0 cm³/mol. The average Bonchev–Trinajstić information content (AvgIpc) is 2.71. The number of rotatable bonds is 4. The maximum atomic E-state index is 11.1. The Hall–Kier alpha value is -1.61. The molecule has 3 nitrogen and oxygen atoms in total. The van der Waals surface area contributed by atoms with E-state index in [0.717, 1.165) is 35.9 Å². The molecule has 0 amide bonds. The molecule has 0 aliphatic heterocycles. The summed E-state index contributed by atoms with van der Waals surface area (Å²) < 4.78 is 1.77. The Morgan fingerprint density at radius 1 is 1.39 bits per heavy atom. The number of carbonyl (C=O) groups is 1. The molecule has 0 saturated carbocycles. The van der Waals surface area contributed by atoms with Gasteiger partial charge in [0, 0.05) is 29.4 Å². The Morgan fingerprint density at radius 2 is 2.17 bits per heavy atom. The molecule has 0 aliphatic rings. The van der Waals surface area contributed by atoms with Gasteiger partial charge in [-0.3, -0.25) is 9.48 Å². The minimum atomic E-state index is 0.627. The van der Waals surface area contributed by atoms with Crippen LogP contribution in [-0.4, -0.2) is 16.1 Å². The van der Waals surface area contributed by atoms with Gasteiger partial charge in [-0.25, -0.2) is 0 Å². The molecular formula is C14H15ClN2O. The van der Waals surface area contributed by atoms with Crippen LogP contribution in [0.4, 0.5) is 0 Å². The van der Waals surface area contributed by atoms with Gasteiger partial charge in [0.2, 0.25) is 0 Å². The first-order valence-corrected chi connectivity index (χ1v) is 6.31. The van der Waals surface area contributed by atoms with E-state index < -0.39 is 0 Å². The van der Waals surface area contributed by atoms with Crippen LogP contribution in [0.3, 0.4) is 0 Å². The van der Waals surface area contributed by atoms with Crippen LogP contribution in [0.25, 0.3) is 11.1 Å². The summed E-state index contributed by atoms with van der Waals surface area (Å²) in [5.41, 5.74) is 3.49. The van der Waals surface area contributed by atoms with Crippen molar-refractivity contribution < 1.29 is 4.79 Å². The highest BCUT2D eigenvalue weighted by Crippen LogP contribution is 2.29. The zero-order valence-electron chi connectivity index (χ0n) is 10.5. The lowest BCUT2D eigenvalue weighted by molar-refractivity contribution is 0.112. The van der Waals surface area contributed by atoms with Crippen molar-refractivity contribution in [3.63, 3.8) is 0 Å². The van der Waals surface area contributed by atoms with Crippen LogP contribution in [0, 0.1) is 0 Å². The molecule has 0 radical (unpaired) electrons. The normalized spacial score (nSPS) is 10.6. The topological polar surface area (TPSA) is 34.9 Å². The Labute approximate surface area is 111 Å². The number of aldehydes is 1. The first-order chi connectivity index (χ1) is 8.65. The van der Waals surface area contributed by atoms with Gasteiger partial charge in [0.15, 0.2) is 6.29 Å². The fourth-order valence-electron chi connectivity index (χ4n) is 2.05. The van der Waals surface area contributed by atoms with Gasteiger partial charge in [-0.15, -0.1) is 0 Å². The SMILES string of the molecule is CCCc1nn(C)cc1-c1cc(Cl)ccc1C=O. The molecule has 18 heavy (non-hydrogen) atoms. The minimum Gasteiger partial charge on any atom is -0.298 e. The number of hydrogen-bond acceptors (Lipinski definition) is 2. The summed E-state index contributed by atoms with van der Waals surface area (Å²) in [4.78, 5) is 11.1. The molecule has 1 heterocycles. The molecule has 0 unspecified atom stereocenters. The van der Waals surface area contributed by atoms with Crippen molar-refractivity contribution in [1.29, 1.82) is 0 Å². The molecule has 0 spiro atoms. The lowest BCUT2D eigenvalue weighted by Gasteiger charge is -2.05. The van der Waals surface area contributed by atoms with Crippen LogP contribution in [0.5, 0.6) is 0 Å². The average molecular weight is 263 g/mol. The Balaban J connectivity index is 2.60. The number of carbonyl (C=O) groups excluding carboxylic acids is 1. The molecule has 0 bridgehead atoms. The second kappa shape index (κ2) is 5.36. The van der Waals surface area contributed by atoms with Crippen molar-refractivity contribution in [2.75, 3.05) is 0 Å². The molecular weight excluding hydrogens is 248 g/mol. The van der Waals surface area contributed by atoms with E-state index in [2.05, 4.69) is 12.0 Å². The van der Waals surface area contributed by atoms with E-state index >= 15 is 0 Å². The molecule has 1 aromatic carbocycles. The highest BCUT2D eigenvalue weighted by molar-refractivity contribution is 6.31. The Morgan fingerprint density at radius 3 is 2.83 bits per heavy atom. The third-order valence-corrected chi connectivity index (χ3v) is 3.06. The standard InChI is InChI=1S/C14H15ClN2O/c1-3-4-14-13(8-17(2)16-14)12-7-11(15)6-5-10(12)9-18/h5-9H,3-4H2,1-2H3. The molecule has 0 atom stereocenters. The highest BCUT2D eigenvalue weighted by Gasteiger charge is 2.13. The maximum absolute atomic E-state index is 11.1. The van der Waals surface area contributed by atoms with E-state index in [-0.39, 0.29) is 0 Å². The van der Waals surface area contributed by atoms with Crippen LogP contribution in [-0.2, 0) is 13.5 Å². The smallest absolute Gasteiger partial charge is 0.150 e. The third kappa shape index (κ3) is 2.46. The molecule has 0 aliphatic carbocycles. The van der Waals surface area contributed by atoms with E-state index in [1.54, 1.807) is 16.8 Å². The molecule has 2 rings (SSSR count). The van der Waals surface area contributed by atoms with E-state index in [1.807, 2.05) is 19.3 Å². The molecule has 1 aromatic heterocycles. The summed E-state index contributed by atoms with van der Waals surface area (Å²) in [6, 6.07) is 5.29. The van der Waals surface area contributed by atoms with Gasteiger partial charge < -0.3 is 0 Å². The predicted octanol–water partition coefficient (Wildman–Crippen LogP) is 3.51. The number of aryl methyl sites for hydroxylation is 2. The lowest BCUT2D eigenvalue weighted by Crippen LogP contribution is -1.92. The van der Waals surface area contributed by atoms with Crippen molar-refractivity contribution in [1.82, 2.24) is 9.78 Å².